The van der Waals surface area contributed by atoms with Crippen LogP contribution in [0.3, 0.4) is 0 Å². The molecule has 2 aromatic carbocycles. The molecule has 0 aliphatic rings. The van der Waals surface area contributed by atoms with Crippen molar-refractivity contribution in [3.8, 4) is 0 Å². The van der Waals surface area contributed by atoms with E-state index in [1.54, 1.807) is 0 Å². The maximum atomic E-state index is 3.48. The first kappa shape index (κ1) is 11.9. The van der Waals surface area contributed by atoms with Crippen LogP contribution >= 0.6 is 0 Å². The molecule has 1 atom stereocenters. The standard InChI is InChI=1S/C15H20N2/c1-12(17(2)3)11-16-15-9-8-13-6-4-5-7-14(13)10-15/h4-10,12,16H,11H2,1-3H3. The van der Waals surface area contributed by atoms with E-state index in [1.807, 2.05) is 0 Å². The third-order valence-corrected chi connectivity index (χ3v) is 3.23. The largest absolute Gasteiger partial charge is 0.383 e. The Labute approximate surface area is 103 Å². The Balaban J connectivity index is 2.09. The molecule has 2 rings (SSSR count). The van der Waals surface area contributed by atoms with Gasteiger partial charge in [0.15, 0.2) is 0 Å². The van der Waals surface area contributed by atoms with Gasteiger partial charge in [-0.15, -0.1) is 0 Å². The van der Waals surface area contributed by atoms with Gasteiger partial charge < -0.3 is 10.2 Å². The second-order valence-corrected chi connectivity index (χ2v) is 4.76. The molecule has 0 radical (unpaired) electrons. The number of anilines is 1. The van der Waals surface area contributed by atoms with Gasteiger partial charge in [-0.05, 0) is 43.9 Å². The van der Waals surface area contributed by atoms with Gasteiger partial charge in [-0.25, -0.2) is 0 Å². The predicted octanol–water partition coefficient (Wildman–Crippen LogP) is 3.20. The highest BCUT2D eigenvalue weighted by Gasteiger charge is 2.03. The van der Waals surface area contributed by atoms with E-state index in [1.165, 1.54) is 16.5 Å². The Bertz CT molecular complexity index is 491. The zero-order valence-corrected chi connectivity index (χ0v) is 10.8. The first-order valence-electron chi connectivity index (χ1n) is 6.06. The van der Waals surface area contributed by atoms with Crippen LogP contribution in [-0.2, 0) is 0 Å². The number of nitrogens with one attached hydrogen (secondary N) is 1. The third kappa shape index (κ3) is 2.98. The monoisotopic (exact) mass is 228 g/mol. The van der Waals surface area contributed by atoms with Crippen molar-refractivity contribution in [3.63, 3.8) is 0 Å². The number of benzene rings is 2. The maximum Gasteiger partial charge on any atom is 0.0347 e. The number of likely N-dealkylation sites (N-methyl/N-ethyl adjacent to an activating group) is 1. The Morgan fingerprint density at radius 3 is 2.47 bits per heavy atom. The van der Waals surface area contributed by atoms with Crippen molar-refractivity contribution in [1.29, 1.82) is 0 Å². The minimum atomic E-state index is 0.529. The summed E-state index contributed by atoms with van der Waals surface area (Å²) >= 11 is 0. The lowest BCUT2D eigenvalue weighted by atomic mass is 10.1. The Morgan fingerprint density at radius 2 is 1.76 bits per heavy atom. The van der Waals surface area contributed by atoms with Gasteiger partial charge in [-0.1, -0.05) is 30.3 Å². The summed E-state index contributed by atoms with van der Waals surface area (Å²) in [7, 11) is 4.21. The summed E-state index contributed by atoms with van der Waals surface area (Å²) in [6, 6.07) is 15.5. The van der Waals surface area contributed by atoms with Crippen LogP contribution in [0.2, 0.25) is 0 Å². The Hall–Kier alpha value is -1.54. The van der Waals surface area contributed by atoms with E-state index in [2.05, 4.69) is 73.7 Å². The van der Waals surface area contributed by atoms with Gasteiger partial charge in [0.05, 0.1) is 0 Å². The number of nitrogens with zero attached hydrogens (tertiary/aromatic N) is 1. The molecule has 2 aromatic rings. The molecule has 17 heavy (non-hydrogen) atoms. The van der Waals surface area contributed by atoms with Gasteiger partial charge in [0.25, 0.3) is 0 Å². The lowest BCUT2D eigenvalue weighted by Crippen LogP contribution is -2.31. The van der Waals surface area contributed by atoms with Gasteiger partial charge in [-0.2, -0.15) is 0 Å². The van der Waals surface area contributed by atoms with Crippen molar-refractivity contribution in [2.45, 2.75) is 13.0 Å². The predicted molar refractivity (Wildman–Crippen MR) is 75.6 cm³/mol. The molecular weight excluding hydrogens is 208 g/mol. The molecule has 0 spiro atoms. The highest BCUT2D eigenvalue weighted by Crippen LogP contribution is 2.18. The highest BCUT2D eigenvalue weighted by molar-refractivity contribution is 5.85. The van der Waals surface area contributed by atoms with Crippen LogP contribution in [0.15, 0.2) is 42.5 Å². The van der Waals surface area contributed by atoms with Crippen LogP contribution in [0.1, 0.15) is 6.92 Å². The molecule has 0 saturated heterocycles. The topological polar surface area (TPSA) is 15.3 Å². The first-order valence-corrected chi connectivity index (χ1v) is 6.06. The molecule has 0 aromatic heterocycles. The normalized spacial score (nSPS) is 12.9. The average molecular weight is 228 g/mol. The van der Waals surface area contributed by atoms with Crippen molar-refractivity contribution in [2.24, 2.45) is 0 Å². The SMILES string of the molecule is CC(CNc1ccc2ccccc2c1)N(C)C. The van der Waals surface area contributed by atoms with Gasteiger partial charge in [0, 0.05) is 18.3 Å². The zero-order valence-electron chi connectivity index (χ0n) is 10.8. The third-order valence-electron chi connectivity index (χ3n) is 3.23. The maximum absolute atomic E-state index is 3.48. The fraction of sp³-hybridized carbons (Fsp3) is 0.333. The smallest absolute Gasteiger partial charge is 0.0347 e. The van der Waals surface area contributed by atoms with Gasteiger partial charge in [0.1, 0.15) is 0 Å². The van der Waals surface area contributed by atoms with Crippen molar-refractivity contribution in [3.05, 3.63) is 42.5 Å². The highest BCUT2D eigenvalue weighted by atomic mass is 15.1. The summed E-state index contributed by atoms with van der Waals surface area (Å²) in [5, 5.41) is 6.05. The molecule has 1 unspecified atom stereocenters. The van der Waals surface area contributed by atoms with Crippen molar-refractivity contribution in [2.75, 3.05) is 26.0 Å². The summed E-state index contributed by atoms with van der Waals surface area (Å²) in [6.45, 7) is 3.18. The van der Waals surface area contributed by atoms with Gasteiger partial charge in [0.2, 0.25) is 0 Å². The van der Waals surface area contributed by atoms with E-state index in [4.69, 9.17) is 0 Å². The van der Waals surface area contributed by atoms with Crippen LogP contribution in [0, 0.1) is 0 Å². The molecule has 0 saturated carbocycles. The van der Waals surface area contributed by atoms with Crippen molar-refractivity contribution >= 4 is 16.5 Å². The van der Waals surface area contributed by atoms with Gasteiger partial charge >= 0.3 is 0 Å². The summed E-state index contributed by atoms with van der Waals surface area (Å²) in [5.74, 6) is 0. The van der Waals surface area contributed by atoms with E-state index < -0.39 is 0 Å². The average Bonchev–Trinajstić information content (AvgIpc) is 2.35. The van der Waals surface area contributed by atoms with Gasteiger partial charge in [-0.3, -0.25) is 0 Å². The number of rotatable bonds is 4. The summed E-state index contributed by atoms with van der Waals surface area (Å²) < 4.78 is 0. The lowest BCUT2D eigenvalue weighted by molar-refractivity contribution is 0.326. The van der Waals surface area contributed by atoms with E-state index in [-0.39, 0.29) is 0 Å². The van der Waals surface area contributed by atoms with Crippen LogP contribution in [0.4, 0.5) is 5.69 Å². The molecule has 1 N–H and O–H groups in total. The Kier molecular flexibility index (Phi) is 3.64. The Morgan fingerprint density at radius 1 is 1.06 bits per heavy atom. The van der Waals surface area contributed by atoms with Crippen LogP contribution in [-0.4, -0.2) is 31.6 Å². The van der Waals surface area contributed by atoms with E-state index in [9.17, 15) is 0 Å². The molecule has 0 bridgehead atoms. The summed E-state index contributed by atoms with van der Waals surface area (Å²) in [4.78, 5) is 2.22. The molecule has 0 aliphatic heterocycles. The zero-order chi connectivity index (χ0) is 12.3. The van der Waals surface area contributed by atoms with E-state index in [0.29, 0.717) is 6.04 Å². The molecule has 0 fully saturated rings. The minimum absolute atomic E-state index is 0.529. The number of hydrogen-bond donors (Lipinski definition) is 1. The van der Waals surface area contributed by atoms with E-state index >= 15 is 0 Å². The molecule has 0 heterocycles. The van der Waals surface area contributed by atoms with Crippen LogP contribution in [0.25, 0.3) is 10.8 Å². The van der Waals surface area contributed by atoms with Crippen molar-refractivity contribution < 1.29 is 0 Å². The molecule has 2 nitrogen and oxygen atoms in total. The van der Waals surface area contributed by atoms with Crippen LogP contribution in [0.5, 0.6) is 0 Å². The fourth-order valence-electron chi connectivity index (χ4n) is 1.75. The van der Waals surface area contributed by atoms with Crippen molar-refractivity contribution in [1.82, 2.24) is 4.90 Å². The fourth-order valence-corrected chi connectivity index (χ4v) is 1.75. The first-order chi connectivity index (χ1) is 8.16. The van der Waals surface area contributed by atoms with E-state index in [0.717, 1.165) is 6.54 Å². The second kappa shape index (κ2) is 5.19. The molecule has 2 heteroatoms. The molecule has 90 valence electrons. The van der Waals surface area contributed by atoms with Crippen LogP contribution < -0.4 is 5.32 Å². The molecule has 0 amide bonds. The number of fused-ring (bicyclic) bond motifs is 1. The summed E-state index contributed by atoms with van der Waals surface area (Å²) in [5.41, 5.74) is 1.19. The number of hydrogen-bond acceptors (Lipinski definition) is 2. The summed E-state index contributed by atoms with van der Waals surface area (Å²) in [6.07, 6.45) is 0. The quantitative estimate of drug-likeness (QED) is 0.864. The second-order valence-electron chi connectivity index (χ2n) is 4.76. The minimum Gasteiger partial charge on any atom is -0.383 e. The lowest BCUT2D eigenvalue weighted by Gasteiger charge is -2.20. The molecular formula is C15H20N2. The molecule has 0 aliphatic carbocycles.